The van der Waals surface area contributed by atoms with Crippen LogP contribution in [0.25, 0.3) is 11.5 Å². The Morgan fingerprint density at radius 3 is 2.81 bits per heavy atom. The van der Waals surface area contributed by atoms with E-state index in [1.54, 1.807) is 24.3 Å². The Balaban J connectivity index is 1.43. The van der Waals surface area contributed by atoms with E-state index in [9.17, 15) is 9.90 Å². The van der Waals surface area contributed by atoms with Gasteiger partial charge < -0.3 is 14.4 Å². The zero-order valence-electron chi connectivity index (χ0n) is 14.1. The fourth-order valence-electron chi connectivity index (χ4n) is 3.13. The molecule has 1 aromatic heterocycles. The van der Waals surface area contributed by atoms with Gasteiger partial charge in [-0.15, -0.1) is 10.2 Å². The number of phenolic OH excluding ortho intramolecular Hbond substituents is 1. The molecule has 1 amide bonds. The summed E-state index contributed by atoms with van der Waals surface area (Å²) in [5, 5.41) is 17.7. The van der Waals surface area contributed by atoms with Gasteiger partial charge in [0.25, 0.3) is 5.22 Å². The van der Waals surface area contributed by atoms with Gasteiger partial charge in [0, 0.05) is 17.3 Å². The summed E-state index contributed by atoms with van der Waals surface area (Å²) in [7, 11) is 0. The number of carbonyl (C=O) groups is 1. The number of anilines is 1. The number of phenols is 1. The van der Waals surface area contributed by atoms with Crippen molar-refractivity contribution in [1.82, 2.24) is 10.2 Å². The number of carbonyl (C=O) groups excluding carboxylic acids is 1. The second-order valence-corrected chi connectivity index (χ2v) is 7.08. The normalized spacial score (nSPS) is 15.9. The van der Waals surface area contributed by atoms with Crippen molar-refractivity contribution in [3.05, 3.63) is 54.1 Å². The summed E-state index contributed by atoms with van der Waals surface area (Å²) in [6.45, 7) is 2.05. The Hall–Kier alpha value is -2.80. The van der Waals surface area contributed by atoms with Gasteiger partial charge in [-0.3, -0.25) is 4.79 Å². The minimum Gasteiger partial charge on any atom is -0.508 e. The minimum atomic E-state index is 0.0248. The molecule has 6 nitrogen and oxygen atoms in total. The second kappa shape index (κ2) is 6.84. The lowest BCUT2D eigenvalue weighted by Crippen LogP contribution is -2.36. The number of thioether (sulfide) groups is 1. The van der Waals surface area contributed by atoms with E-state index in [1.807, 2.05) is 23.1 Å². The van der Waals surface area contributed by atoms with Gasteiger partial charge in [0.2, 0.25) is 11.8 Å². The molecule has 0 saturated carbocycles. The van der Waals surface area contributed by atoms with Gasteiger partial charge in [0.05, 0.1) is 5.75 Å². The Morgan fingerprint density at radius 2 is 2.00 bits per heavy atom. The Morgan fingerprint density at radius 1 is 1.23 bits per heavy atom. The van der Waals surface area contributed by atoms with Crippen LogP contribution in [0.15, 0.2) is 58.2 Å². The van der Waals surface area contributed by atoms with Gasteiger partial charge in [-0.25, -0.2) is 0 Å². The van der Waals surface area contributed by atoms with E-state index in [4.69, 9.17) is 4.42 Å². The summed E-state index contributed by atoms with van der Waals surface area (Å²) in [6.07, 6.45) is 0.873. The third kappa shape index (κ3) is 3.17. The molecular formula is C19H17N3O3S. The van der Waals surface area contributed by atoms with Crippen molar-refractivity contribution in [2.45, 2.75) is 24.6 Å². The average molecular weight is 367 g/mol. The van der Waals surface area contributed by atoms with Crippen molar-refractivity contribution in [2.75, 3.05) is 10.7 Å². The second-order valence-electron chi connectivity index (χ2n) is 6.15. The van der Waals surface area contributed by atoms with E-state index in [-0.39, 0.29) is 23.5 Å². The standard InChI is InChI=1S/C19H17N3O3S/c1-12-10-14-4-2-3-5-16(14)22(12)17(24)11-26-19-21-20-18(25-19)13-6-8-15(23)9-7-13/h2-9,12,23H,10-11H2,1H3/t12-/m0/s1. The van der Waals surface area contributed by atoms with Crippen molar-refractivity contribution < 1.29 is 14.3 Å². The summed E-state index contributed by atoms with van der Waals surface area (Å²) in [6, 6.07) is 14.7. The highest BCUT2D eigenvalue weighted by Crippen LogP contribution is 2.33. The zero-order valence-corrected chi connectivity index (χ0v) is 14.9. The number of aromatic nitrogens is 2. The van der Waals surface area contributed by atoms with Crippen LogP contribution in [0.1, 0.15) is 12.5 Å². The summed E-state index contributed by atoms with van der Waals surface area (Å²) in [4.78, 5) is 14.5. The van der Waals surface area contributed by atoms with Gasteiger partial charge in [-0.05, 0) is 49.2 Å². The Kier molecular flexibility index (Phi) is 4.38. The molecule has 0 unspecified atom stereocenters. The average Bonchev–Trinajstić information content (AvgIpc) is 3.24. The Bertz CT molecular complexity index is 939. The van der Waals surface area contributed by atoms with Gasteiger partial charge in [0.15, 0.2) is 0 Å². The van der Waals surface area contributed by atoms with Crippen LogP contribution < -0.4 is 4.90 Å². The number of para-hydroxylation sites is 1. The molecule has 132 valence electrons. The first-order chi connectivity index (χ1) is 12.6. The molecule has 0 aliphatic carbocycles. The van der Waals surface area contributed by atoms with Gasteiger partial charge in [-0.1, -0.05) is 30.0 Å². The van der Waals surface area contributed by atoms with Crippen molar-refractivity contribution in [1.29, 1.82) is 0 Å². The molecule has 0 radical (unpaired) electrons. The van der Waals surface area contributed by atoms with Crippen LogP contribution in [0.5, 0.6) is 5.75 Å². The number of aromatic hydroxyl groups is 1. The van der Waals surface area contributed by atoms with E-state index >= 15 is 0 Å². The largest absolute Gasteiger partial charge is 0.508 e. The minimum absolute atomic E-state index is 0.0248. The zero-order chi connectivity index (χ0) is 18.1. The molecule has 4 rings (SSSR count). The van der Waals surface area contributed by atoms with Crippen LogP contribution in [0.4, 0.5) is 5.69 Å². The number of nitrogens with zero attached hydrogens (tertiary/aromatic N) is 3. The van der Waals surface area contributed by atoms with Crippen molar-refractivity contribution in [3.8, 4) is 17.2 Å². The molecule has 3 aromatic rings. The highest BCUT2D eigenvalue weighted by atomic mass is 32.2. The number of benzene rings is 2. The van der Waals surface area contributed by atoms with Gasteiger partial charge in [0.1, 0.15) is 5.75 Å². The van der Waals surface area contributed by atoms with Crippen molar-refractivity contribution in [2.24, 2.45) is 0 Å². The molecule has 2 heterocycles. The number of fused-ring (bicyclic) bond motifs is 1. The predicted octanol–water partition coefficient (Wildman–Crippen LogP) is 3.51. The summed E-state index contributed by atoms with van der Waals surface area (Å²) < 4.78 is 5.61. The van der Waals surface area contributed by atoms with Crippen molar-refractivity contribution in [3.63, 3.8) is 0 Å². The summed E-state index contributed by atoms with van der Waals surface area (Å²) in [5.74, 6) is 0.792. The molecule has 2 aromatic carbocycles. The molecule has 1 N–H and O–H groups in total. The van der Waals surface area contributed by atoms with Crippen LogP contribution in [0.2, 0.25) is 0 Å². The molecule has 7 heteroatoms. The predicted molar refractivity (Wildman–Crippen MR) is 99.2 cm³/mol. The SMILES string of the molecule is C[C@H]1Cc2ccccc2N1C(=O)CSc1nnc(-c2ccc(O)cc2)o1. The summed E-state index contributed by atoms with van der Waals surface area (Å²) >= 11 is 1.23. The first-order valence-corrected chi connectivity index (χ1v) is 9.26. The van der Waals surface area contributed by atoms with E-state index < -0.39 is 0 Å². The maximum absolute atomic E-state index is 12.7. The Labute approximate surface area is 154 Å². The molecule has 0 bridgehead atoms. The lowest BCUT2D eigenvalue weighted by atomic mass is 10.1. The van der Waals surface area contributed by atoms with Crippen LogP contribution in [-0.2, 0) is 11.2 Å². The number of amides is 1. The fourth-order valence-corrected chi connectivity index (χ4v) is 3.75. The molecule has 1 aliphatic rings. The highest BCUT2D eigenvalue weighted by Gasteiger charge is 2.30. The van der Waals surface area contributed by atoms with E-state index in [0.717, 1.165) is 17.7 Å². The molecule has 1 aliphatic heterocycles. The smallest absolute Gasteiger partial charge is 0.277 e. The quantitative estimate of drug-likeness (QED) is 0.711. The van der Waals surface area contributed by atoms with Crippen LogP contribution in [-0.4, -0.2) is 33.0 Å². The van der Waals surface area contributed by atoms with Crippen LogP contribution in [0, 0.1) is 0 Å². The number of hydrogen-bond acceptors (Lipinski definition) is 6. The van der Waals surface area contributed by atoms with Crippen molar-refractivity contribution >= 4 is 23.4 Å². The molecular weight excluding hydrogens is 350 g/mol. The lowest BCUT2D eigenvalue weighted by molar-refractivity contribution is -0.116. The summed E-state index contributed by atoms with van der Waals surface area (Å²) in [5.41, 5.74) is 2.90. The van der Waals surface area contributed by atoms with Gasteiger partial charge >= 0.3 is 0 Å². The van der Waals surface area contributed by atoms with Crippen LogP contribution in [0.3, 0.4) is 0 Å². The number of rotatable bonds is 4. The van der Waals surface area contributed by atoms with Crippen LogP contribution >= 0.6 is 11.8 Å². The maximum Gasteiger partial charge on any atom is 0.277 e. The maximum atomic E-state index is 12.7. The molecule has 26 heavy (non-hydrogen) atoms. The fraction of sp³-hybridized carbons (Fsp3) is 0.211. The third-order valence-corrected chi connectivity index (χ3v) is 5.12. The van der Waals surface area contributed by atoms with E-state index in [2.05, 4.69) is 23.2 Å². The first-order valence-electron chi connectivity index (χ1n) is 8.27. The third-order valence-electron chi connectivity index (χ3n) is 4.32. The van der Waals surface area contributed by atoms with E-state index in [1.165, 1.54) is 17.3 Å². The lowest BCUT2D eigenvalue weighted by Gasteiger charge is -2.22. The highest BCUT2D eigenvalue weighted by molar-refractivity contribution is 7.99. The number of hydrogen-bond donors (Lipinski definition) is 1. The van der Waals surface area contributed by atoms with E-state index in [0.29, 0.717) is 11.1 Å². The van der Waals surface area contributed by atoms with Gasteiger partial charge in [-0.2, -0.15) is 0 Å². The molecule has 0 saturated heterocycles. The monoisotopic (exact) mass is 367 g/mol. The topological polar surface area (TPSA) is 79.5 Å². The molecule has 0 fully saturated rings. The molecule has 0 spiro atoms. The first kappa shape index (κ1) is 16.7. The molecule has 1 atom stereocenters.